The Kier molecular flexibility index (Phi) is 5.63. The third kappa shape index (κ3) is 4.49. The number of ether oxygens (including phenoxy) is 2. The van der Waals surface area contributed by atoms with Crippen LogP contribution in [0.3, 0.4) is 0 Å². The molecule has 0 aliphatic rings. The Balaban J connectivity index is 2.07. The van der Waals surface area contributed by atoms with Gasteiger partial charge in [0.25, 0.3) is 5.91 Å². The van der Waals surface area contributed by atoms with Gasteiger partial charge >= 0.3 is 0 Å². The summed E-state index contributed by atoms with van der Waals surface area (Å²) < 4.78 is 11.3. The van der Waals surface area contributed by atoms with Gasteiger partial charge in [0.15, 0.2) is 6.10 Å². The first-order valence-corrected chi connectivity index (χ1v) is 7.78. The maximum Gasteiger partial charge on any atom is 0.265 e. The summed E-state index contributed by atoms with van der Waals surface area (Å²) >= 11 is 0. The highest BCUT2D eigenvalue weighted by atomic mass is 16.5. The standard InChI is InChI=1S/C19H23NO3/c1-5-22-17-9-7-6-8-16(17)20-19(21)15(4)23-18-12-13(2)10-11-14(18)3/h6-12,15H,5H2,1-4H3,(H,20,21)/t15-/m1/s1. The van der Waals surface area contributed by atoms with E-state index in [9.17, 15) is 4.79 Å². The zero-order valence-corrected chi connectivity index (χ0v) is 14.1. The van der Waals surface area contributed by atoms with E-state index < -0.39 is 6.10 Å². The van der Waals surface area contributed by atoms with Crippen LogP contribution in [0.4, 0.5) is 5.69 Å². The zero-order chi connectivity index (χ0) is 16.8. The highest BCUT2D eigenvalue weighted by Gasteiger charge is 2.17. The molecule has 0 aliphatic carbocycles. The second-order valence-electron chi connectivity index (χ2n) is 5.45. The number of para-hydroxylation sites is 2. The molecule has 2 aromatic rings. The Bertz CT molecular complexity index is 682. The molecule has 0 bridgehead atoms. The number of benzene rings is 2. The minimum Gasteiger partial charge on any atom is -0.492 e. The van der Waals surface area contributed by atoms with Crippen LogP contribution >= 0.6 is 0 Å². The summed E-state index contributed by atoms with van der Waals surface area (Å²) in [6, 6.07) is 13.3. The number of aryl methyl sites for hydroxylation is 2. The molecule has 1 amide bonds. The number of hydrogen-bond donors (Lipinski definition) is 1. The summed E-state index contributed by atoms with van der Waals surface area (Å²) in [6.45, 7) is 8.14. The number of amides is 1. The predicted octanol–water partition coefficient (Wildman–Crippen LogP) is 4.11. The monoisotopic (exact) mass is 313 g/mol. The van der Waals surface area contributed by atoms with Crippen molar-refractivity contribution in [1.29, 1.82) is 0 Å². The lowest BCUT2D eigenvalue weighted by Gasteiger charge is -2.18. The predicted molar refractivity (Wildman–Crippen MR) is 92.2 cm³/mol. The first-order chi connectivity index (χ1) is 11.0. The molecule has 0 saturated carbocycles. The largest absolute Gasteiger partial charge is 0.492 e. The van der Waals surface area contributed by atoms with E-state index in [4.69, 9.17) is 9.47 Å². The van der Waals surface area contributed by atoms with Crippen LogP contribution in [0, 0.1) is 13.8 Å². The molecular formula is C19H23NO3. The van der Waals surface area contributed by atoms with Gasteiger partial charge in [-0.3, -0.25) is 4.79 Å². The van der Waals surface area contributed by atoms with Crippen LogP contribution in [0.5, 0.6) is 11.5 Å². The number of anilines is 1. The Morgan fingerprint density at radius 3 is 2.61 bits per heavy atom. The number of carbonyl (C=O) groups excluding carboxylic acids is 1. The van der Waals surface area contributed by atoms with E-state index in [-0.39, 0.29) is 5.91 Å². The summed E-state index contributed by atoms with van der Waals surface area (Å²) in [5.74, 6) is 1.17. The second-order valence-corrected chi connectivity index (χ2v) is 5.45. The fourth-order valence-electron chi connectivity index (χ4n) is 2.16. The number of hydrogen-bond acceptors (Lipinski definition) is 3. The quantitative estimate of drug-likeness (QED) is 0.873. The van der Waals surface area contributed by atoms with E-state index in [2.05, 4.69) is 5.32 Å². The van der Waals surface area contributed by atoms with Crippen LogP contribution in [0.25, 0.3) is 0 Å². The van der Waals surface area contributed by atoms with Crippen molar-refractivity contribution in [2.45, 2.75) is 33.8 Å². The van der Waals surface area contributed by atoms with Gasteiger partial charge in [-0.05, 0) is 57.0 Å². The average molecular weight is 313 g/mol. The van der Waals surface area contributed by atoms with Crippen LogP contribution in [-0.2, 0) is 4.79 Å². The molecule has 2 aromatic carbocycles. The minimum absolute atomic E-state index is 0.210. The molecular weight excluding hydrogens is 290 g/mol. The molecule has 0 aliphatic heterocycles. The van der Waals surface area contributed by atoms with Crippen LogP contribution in [0.1, 0.15) is 25.0 Å². The van der Waals surface area contributed by atoms with Gasteiger partial charge in [-0.1, -0.05) is 24.3 Å². The van der Waals surface area contributed by atoms with E-state index in [1.54, 1.807) is 6.92 Å². The first kappa shape index (κ1) is 16.9. The fraction of sp³-hybridized carbons (Fsp3) is 0.316. The van der Waals surface area contributed by atoms with Crippen molar-refractivity contribution in [1.82, 2.24) is 0 Å². The highest BCUT2D eigenvalue weighted by Crippen LogP contribution is 2.25. The van der Waals surface area contributed by atoms with Crippen molar-refractivity contribution in [2.24, 2.45) is 0 Å². The van der Waals surface area contributed by atoms with E-state index in [1.165, 1.54) is 0 Å². The summed E-state index contributed by atoms with van der Waals surface area (Å²) in [5, 5.41) is 2.86. The second kappa shape index (κ2) is 7.68. The Morgan fingerprint density at radius 2 is 1.87 bits per heavy atom. The number of nitrogens with one attached hydrogen (secondary N) is 1. The van der Waals surface area contributed by atoms with Gasteiger partial charge < -0.3 is 14.8 Å². The maximum atomic E-state index is 12.4. The lowest BCUT2D eigenvalue weighted by atomic mass is 10.1. The van der Waals surface area contributed by atoms with Crippen molar-refractivity contribution < 1.29 is 14.3 Å². The van der Waals surface area contributed by atoms with Gasteiger partial charge in [0.2, 0.25) is 0 Å². The van der Waals surface area contributed by atoms with Crippen molar-refractivity contribution >= 4 is 11.6 Å². The van der Waals surface area contributed by atoms with Gasteiger partial charge in [0, 0.05) is 0 Å². The zero-order valence-electron chi connectivity index (χ0n) is 14.1. The Hall–Kier alpha value is -2.49. The van der Waals surface area contributed by atoms with Crippen molar-refractivity contribution in [3.8, 4) is 11.5 Å². The average Bonchev–Trinajstić information content (AvgIpc) is 2.53. The molecule has 0 radical (unpaired) electrons. The van der Waals surface area contributed by atoms with Crippen molar-refractivity contribution in [3.63, 3.8) is 0 Å². The van der Waals surface area contributed by atoms with E-state index >= 15 is 0 Å². The molecule has 0 saturated heterocycles. The van der Waals surface area contributed by atoms with Crippen LogP contribution in [-0.4, -0.2) is 18.6 Å². The van der Waals surface area contributed by atoms with E-state index in [0.717, 1.165) is 16.9 Å². The normalized spacial score (nSPS) is 11.7. The van der Waals surface area contributed by atoms with E-state index in [1.807, 2.05) is 63.2 Å². The van der Waals surface area contributed by atoms with Gasteiger partial charge in [-0.2, -0.15) is 0 Å². The van der Waals surface area contributed by atoms with Crippen LogP contribution in [0.2, 0.25) is 0 Å². The van der Waals surface area contributed by atoms with Crippen molar-refractivity contribution in [3.05, 3.63) is 53.6 Å². The third-order valence-electron chi connectivity index (χ3n) is 3.46. The molecule has 1 N–H and O–H groups in total. The maximum absolute atomic E-state index is 12.4. The number of carbonyl (C=O) groups is 1. The number of rotatable bonds is 6. The molecule has 0 spiro atoms. The van der Waals surface area contributed by atoms with Gasteiger partial charge in [0.05, 0.1) is 12.3 Å². The van der Waals surface area contributed by atoms with Gasteiger partial charge in [-0.25, -0.2) is 0 Å². The minimum atomic E-state index is -0.606. The molecule has 4 nitrogen and oxygen atoms in total. The van der Waals surface area contributed by atoms with Crippen LogP contribution < -0.4 is 14.8 Å². The summed E-state index contributed by atoms with van der Waals surface area (Å²) in [4.78, 5) is 12.4. The summed E-state index contributed by atoms with van der Waals surface area (Å²) in [6.07, 6.45) is -0.606. The molecule has 1 atom stereocenters. The van der Waals surface area contributed by atoms with E-state index in [0.29, 0.717) is 18.0 Å². The molecule has 0 aromatic heterocycles. The molecule has 0 fully saturated rings. The molecule has 0 heterocycles. The summed E-state index contributed by atoms with van der Waals surface area (Å²) in [5.41, 5.74) is 2.75. The van der Waals surface area contributed by atoms with Crippen molar-refractivity contribution in [2.75, 3.05) is 11.9 Å². The molecule has 23 heavy (non-hydrogen) atoms. The SMILES string of the molecule is CCOc1ccccc1NC(=O)[C@@H](C)Oc1cc(C)ccc1C. The third-order valence-corrected chi connectivity index (χ3v) is 3.46. The van der Waals surface area contributed by atoms with Gasteiger partial charge in [0.1, 0.15) is 11.5 Å². The smallest absolute Gasteiger partial charge is 0.265 e. The van der Waals surface area contributed by atoms with Crippen LogP contribution in [0.15, 0.2) is 42.5 Å². The Morgan fingerprint density at radius 1 is 1.13 bits per heavy atom. The summed E-state index contributed by atoms with van der Waals surface area (Å²) in [7, 11) is 0. The molecule has 4 heteroatoms. The first-order valence-electron chi connectivity index (χ1n) is 7.78. The molecule has 0 unspecified atom stereocenters. The fourth-order valence-corrected chi connectivity index (χ4v) is 2.16. The van der Waals surface area contributed by atoms with Gasteiger partial charge in [-0.15, -0.1) is 0 Å². The highest BCUT2D eigenvalue weighted by molar-refractivity contribution is 5.95. The lowest BCUT2D eigenvalue weighted by Crippen LogP contribution is -2.30. The molecule has 2 rings (SSSR count). The Labute approximate surface area is 137 Å². The topological polar surface area (TPSA) is 47.6 Å². The lowest BCUT2D eigenvalue weighted by molar-refractivity contribution is -0.122. The molecule has 122 valence electrons.